The number of rotatable bonds is 3. The molecule has 2 N–H and O–H groups in total. The van der Waals surface area contributed by atoms with Gasteiger partial charge in [-0.3, -0.25) is 4.68 Å². The Morgan fingerprint density at radius 3 is 3.30 bits per heavy atom. The van der Waals surface area contributed by atoms with Crippen LogP contribution in [0.5, 0.6) is 0 Å². The summed E-state index contributed by atoms with van der Waals surface area (Å²) in [6, 6.07) is 3.98. The lowest BCUT2D eigenvalue weighted by molar-refractivity contribution is 0.235. The van der Waals surface area contributed by atoms with E-state index in [-0.39, 0.29) is 12.1 Å². The molecule has 0 saturated carbocycles. The number of hydrogen-bond acceptors (Lipinski definition) is 3. The van der Waals surface area contributed by atoms with E-state index in [0.29, 0.717) is 6.54 Å². The largest absolute Gasteiger partial charge is 0.333 e. The fourth-order valence-corrected chi connectivity index (χ4v) is 3.29. The van der Waals surface area contributed by atoms with Gasteiger partial charge < -0.3 is 10.6 Å². The Balaban J connectivity index is 1.59. The third-order valence-electron chi connectivity index (χ3n) is 3.68. The molecule has 2 heterocycles. The number of carbonyl (C=O) groups is 1. The standard InChI is InChI=1S/C14H18N4OS/c1-18-13-6-2-5-12(11(13)9-16-18)17-14(19)15-8-10-4-3-7-20-10/h3-4,7,9,12H,2,5-6,8H2,1H3,(H2,15,17,19)/t12-/m1/s1. The molecule has 0 spiro atoms. The number of aryl methyl sites for hydroxylation is 1. The Hall–Kier alpha value is -1.82. The van der Waals surface area contributed by atoms with E-state index in [2.05, 4.69) is 15.7 Å². The van der Waals surface area contributed by atoms with E-state index < -0.39 is 0 Å². The maximum absolute atomic E-state index is 12.0. The van der Waals surface area contributed by atoms with Crippen LogP contribution in [-0.4, -0.2) is 15.8 Å². The molecule has 3 rings (SSSR count). The Morgan fingerprint density at radius 1 is 1.60 bits per heavy atom. The van der Waals surface area contributed by atoms with Crippen molar-refractivity contribution in [2.24, 2.45) is 7.05 Å². The highest BCUT2D eigenvalue weighted by molar-refractivity contribution is 7.09. The molecule has 1 aliphatic carbocycles. The minimum atomic E-state index is -0.111. The van der Waals surface area contributed by atoms with E-state index in [4.69, 9.17) is 0 Å². The fraction of sp³-hybridized carbons (Fsp3) is 0.429. The molecule has 2 amide bonds. The summed E-state index contributed by atoms with van der Waals surface area (Å²) in [7, 11) is 1.96. The van der Waals surface area contributed by atoms with Gasteiger partial charge in [0, 0.05) is 23.2 Å². The van der Waals surface area contributed by atoms with Crippen molar-refractivity contribution in [1.29, 1.82) is 0 Å². The molecular formula is C14H18N4OS. The lowest BCUT2D eigenvalue weighted by atomic mass is 9.93. The third kappa shape index (κ3) is 2.70. The summed E-state index contributed by atoms with van der Waals surface area (Å²) in [5.74, 6) is 0. The maximum Gasteiger partial charge on any atom is 0.315 e. The Morgan fingerprint density at radius 2 is 2.50 bits per heavy atom. The lowest BCUT2D eigenvalue weighted by Crippen LogP contribution is -2.38. The normalized spacial score (nSPS) is 17.6. The van der Waals surface area contributed by atoms with Gasteiger partial charge in [-0.15, -0.1) is 11.3 Å². The molecule has 0 aliphatic heterocycles. The van der Waals surface area contributed by atoms with Gasteiger partial charge in [-0.2, -0.15) is 5.10 Å². The molecule has 106 valence electrons. The van der Waals surface area contributed by atoms with Crippen LogP contribution in [0.15, 0.2) is 23.7 Å². The zero-order chi connectivity index (χ0) is 13.9. The summed E-state index contributed by atoms with van der Waals surface area (Å²) >= 11 is 1.65. The highest BCUT2D eigenvalue weighted by atomic mass is 32.1. The van der Waals surface area contributed by atoms with Gasteiger partial charge in [0.05, 0.1) is 18.8 Å². The second-order valence-electron chi connectivity index (χ2n) is 5.02. The van der Waals surface area contributed by atoms with Gasteiger partial charge in [-0.25, -0.2) is 4.79 Å². The number of urea groups is 1. The number of fused-ring (bicyclic) bond motifs is 1. The molecule has 0 radical (unpaired) electrons. The molecule has 2 aromatic rings. The second kappa shape index (κ2) is 5.66. The van der Waals surface area contributed by atoms with Crippen LogP contribution in [0.4, 0.5) is 4.79 Å². The van der Waals surface area contributed by atoms with Crippen LogP contribution >= 0.6 is 11.3 Å². The molecule has 5 nitrogen and oxygen atoms in total. The predicted octanol–water partition coefficient (Wildman–Crippen LogP) is 2.36. The van der Waals surface area contributed by atoms with Crippen molar-refractivity contribution in [2.75, 3.05) is 0 Å². The number of hydrogen-bond donors (Lipinski definition) is 2. The van der Waals surface area contributed by atoms with Crippen LogP contribution in [0.3, 0.4) is 0 Å². The molecule has 6 heteroatoms. The average Bonchev–Trinajstić information content (AvgIpc) is 3.08. The first-order valence-corrected chi connectivity index (χ1v) is 7.69. The number of amides is 2. The highest BCUT2D eigenvalue weighted by Gasteiger charge is 2.24. The van der Waals surface area contributed by atoms with Crippen LogP contribution in [0.25, 0.3) is 0 Å². The van der Waals surface area contributed by atoms with E-state index in [1.54, 1.807) is 11.3 Å². The van der Waals surface area contributed by atoms with Gasteiger partial charge in [-0.1, -0.05) is 6.07 Å². The Labute approximate surface area is 122 Å². The molecule has 0 saturated heterocycles. The van der Waals surface area contributed by atoms with Crippen molar-refractivity contribution in [1.82, 2.24) is 20.4 Å². The van der Waals surface area contributed by atoms with Gasteiger partial charge in [0.2, 0.25) is 0 Å². The second-order valence-corrected chi connectivity index (χ2v) is 6.05. The van der Waals surface area contributed by atoms with Crippen molar-refractivity contribution >= 4 is 17.4 Å². The summed E-state index contributed by atoms with van der Waals surface area (Å²) in [5, 5.41) is 12.3. The molecule has 0 unspecified atom stereocenters. The quantitative estimate of drug-likeness (QED) is 0.911. The molecular weight excluding hydrogens is 272 g/mol. The number of carbonyl (C=O) groups excluding carboxylic acids is 1. The molecule has 1 atom stereocenters. The number of thiophene rings is 1. The first kappa shape index (κ1) is 13.2. The van der Waals surface area contributed by atoms with Crippen LogP contribution in [0.1, 0.15) is 35.0 Å². The summed E-state index contributed by atoms with van der Waals surface area (Å²) in [5.41, 5.74) is 2.39. The topological polar surface area (TPSA) is 59.0 Å². The molecule has 0 aromatic carbocycles. The first-order valence-electron chi connectivity index (χ1n) is 6.81. The van der Waals surface area contributed by atoms with Gasteiger partial charge in [-0.05, 0) is 30.7 Å². The zero-order valence-corrected chi connectivity index (χ0v) is 12.2. The van der Waals surface area contributed by atoms with E-state index in [9.17, 15) is 4.79 Å². The highest BCUT2D eigenvalue weighted by Crippen LogP contribution is 2.28. The summed E-state index contributed by atoms with van der Waals surface area (Å²) < 4.78 is 1.91. The molecule has 0 bridgehead atoms. The van der Waals surface area contributed by atoms with E-state index in [0.717, 1.165) is 29.7 Å². The van der Waals surface area contributed by atoms with E-state index in [1.807, 2.05) is 35.4 Å². The Kier molecular flexibility index (Phi) is 3.73. The van der Waals surface area contributed by atoms with Crippen LogP contribution in [0, 0.1) is 0 Å². The van der Waals surface area contributed by atoms with Gasteiger partial charge in [0.1, 0.15) is 0 Å². The molecule has 2 aromatic heterocycles. The van der Waals surface area contributed by atoms with Gasteiger partial charge in [0.15, 0.2) is 0 Å². The summed E-state index contributed by atoms with van der Waals surface area (Å²) in [4.78, 5) is 13.1. The predicted molar refractivity (Wildman–Crippen MR) is 78.6 cm³/mol. The minimum Gasteiger partial charge on any atom is -0.333 e. The van der Waals surface area contributed by atoms with E-state index in [1.165, 1.54) is 5.69 Å². The van der Waals surface area contributed by atoms with Crippen molar-refractivity contribution in [3.63, 3.8) is 0 Å². The summed E-state index contributed by atoms with van der Waals surface area (Å²) in [6.07, 6.45) is 4.98. The summed E-state index contributed by atoms with van der Waals surface area (Å²) in [6.45, 7) is 0.579. The zero-order valence-electron chi connectivity index (χ0n) is 11.4. The smallest absolute Gasteiger partial charge is 0.315 e. The molecule has 20 heavy (non-hydrogen) atoms. The number of nitrogens with zero attached hydrogens (tertiary/aromatic N) is 2. The van der Waals surface area contributed by atoms with Crippen molar-refractivity contribution in [3.8, 4) is 0 Å². The first-order chi connectivity index (χ1) is 9.74. The average molecular weight is 290 g/mol. The third-order valence-corrected chi connectivity index (χ3v) is 4.56. The van der Waals surface area contributed by atoms with Crippen molar-refractivity contribution in [3.05, 3.63) is 39.8 Å². The van der Waals surface area contributed by atoms with Gasteiger partial charge >= 0.3 is 6.03 Å². The molecule has 0 fully saturated rings. The number of nitrogens with one attached hydrogen (secondary N) is 2. The van der Waals surface area contributed by atoms with Crippen molar-refractivity contribution in [2.45, 2.75) is 31.8 Å². The van der Waals surface area contributed by atoms with Crippen molar-refractivity contribution < 1.29 is 4.79 Å². The minimum absolute atomic E-state index is 0.0794. The fourth-order valence-electron chi connectivity index (χ4n) is 2.65. The lowest BCUT2D eigenvalue weighted by Gasteiger charge is -2.23. The van der Waals surface area contributed by atoms with Crippen LogP contribution < -0.4 is 10.6 Å². The number of aromatic nitrogens is 2. The van der Waals surface area contributed by atoms with Crippen LogP contribution in [-0.2, 0) is 20.0 Å². The monoisotopic (exact) mass is 290 g/mol. The van der Waals surface area contributed by atoms with Crippen LogP contribution in [0.2, 0.25) is 0 Å². The van der Waals surface area contributed by atoms with E-state index >= 15 is 0 Å². The maximum atomic E-state index is 12.0. The molecule has 1 aliphatic rings. The SMILES string of the molecule is Cn1ncc2c1CCC[C@H]2NC(=O)NCc1cccs1. The van der Waals surface area contributed by atoms with Gasteiger partial charge in [0.25, 0.3) is 0 Å². The Bertz CT molecular complexity index is 590.